The lowest BCUT2D eigenvalue weighted by atomic mass is 9.74. The molecule has 1 aliphatic heterocycles. The number of aryl methyl sites for hydroxylation is 1. The van der Waals surface area contributed by atoms with E-state index in [2.05, 4.69) is 15.5 Å². The molecule has 0 atom stereocenters. The summed E-state index contributed by atoms with van der Waals surface area (Å²) in [6.45, 7) is 1.78. The molecule has 0 radical (unpaired) electrons. The highest BCUT2D eigenvalue weighted by Crippen LogP contribution is 2.34. The Balaban J connectivity index is 1.56. The number of aromatic nitrogens is 2. The average molecular weight is 345 g/mol. The van der Waals surface area contributed by atoms with E-state index in [4.69, 9.17) is 4.74 Å². The summed E-state index contributed by atoms with van der Waals surface area (Å²) in [6.07, 6.45) is 7.27. The molecule has 0 bridgehead atoms. The molecule has 3 rings (SSSR count). The number of hydrogen-bond donors (Lipinski definition) is 2. The van der Waals surface area contributed by atoms with Gasteiger partial charge in [0.1, 0.15) is 5.82 Å². The van der Waals surface area contributed by atoms with Crippen LogP contribution in [0.2, 0.25) is 0 Å². The van der Waals surface area contributed by atoms with Crippen LogP contribution in [0.4, 0.5) is 4.39 Å². The number of H-pyrrole nitrogens is 1. The summed E-state index contributed by atoms with van der Waals surface area (Å²) in [6, 6.07) is 6.70. The molecule has 1 saturated heterocycles. The summed E-state index contributed by atoms with van der Waals surface area (Å²) in [7, 11) is 0. The molecule has 134 valence electrons. The molecule has 6 heteroatoms. The summed E-state index contributed by atoms with van der Waals surface area (Å²) in [5, 5.41) is 9.72. The lowest BCUT2D eigenvalue weighted by molar-refractivity contribution is -0.121. The van der Waals surface area contributed by atoms with Gasteiger partial charge in [-0.3, -0.25) is 9.89 Å². The van der Waals surface area contributed by atoms with Gasteiger partial charge in [-0.1, -0.05) is 12.1 Å². The number of benzene rings is 1. The summed E-state index contributed by atoms with van der Waals surface area (Å²) < 4.78 is 19.1. The second kappa shape index (κ2) is 8.25. The van der Waals surface area contributed by atoms with Gasteiger partial charge in [-0.25, -0.2) is 4.39 Å². The Morgan fingerprint density at radius 1 is 1.36 bits per heavy atom. The Bertz CT molecular complexity index is 682. The standard InChI is InChI=1S/C19H24FN3O2/c20-17-5-2-4-16(11-17)19(7-9-25-10-8-19)14-21-18(24)6-1-3-15-12-22-23-13-15/h2,4-5,11-13H,1,3,6-10,14H2,(H,21,24)(H,22,23). The quantitative estimate of drug-likeness (QED) is 0.811. The first-order valence-corrected chi connectivity index (χ1v) is 8.76. The normalized spacial score (nSPS) is 16.5. The van der Waals surface area contributed by atoms with Crippen molar-refractivity contribution in [3.8, 4) is 0 Å². The van der Waals surface area contributed by atoms with Crippen LogP contribution >= 0.6 is 0 Å². The van der Waals surface area contributed by atoms with Crippen LogP contribution in [0.15, 0.2) is 36.7 Å². The molecule has 5 nitrogen and oxygen atoms in total. The Morgan fingerprint density at radius 3 is 2.92 bits per heavy atom. The maximum Gasteiger partial charge on any atom is 0.220 e. The van der Waals surface area contributed by atoms with Crippen LogP contribution in [0.3, 0.4) is 0 Å². The Hall–Kier alpha value is -2.21. The van der Waals surface area contributed by atoms with Gasteiger partial charge in [0, 0.05) is 37.8 Å². The molecular weight excluding hydrogens is 321 g/mol. The molecule has 25 heavy (non-hydrogen) atoms. The fraction of sp³-hybridized carbons (Fsp3) is 0.474. The van der Waals surface area contributed by atoms with Crippen molar-refractivity contribution >= 4 is 5.91 Å². The number of aromatic amines is 1. The zero-order valence-corrected chi connectivity index (χ0v) is 14.3. The van der Waals surface area contributed by atoms with Gasteiger partial charge in [0.2, 0.25) is 5.91 Å². The van der Waals surface area contributed by atoms with E-state index in [9.17, 15) is 9.18 Å². The van der Waals surface area contributed by atoms with Crippen LogP contribution < -0.4 is 5.32 Å². The van der Waals surface area contributed by atoms with Crippen LogP contribution in [0, 0.1) is 5.82 Å². The Labute approximate surface area is 147 Å². The third-order valence-corrected chi connectivity index (χ3v) is 4.93. The van der Waals surface area contributed by atoms with E-state index in [1.807, 2.05) is 12.3 Å². The second-order valence-corrected chi connectivity index (χ2v) is 6.64. The van der Waals surface area contributed by atoms with Gasteiger partial charge in [0.25, 0.3) is 0 Å². The first kappa shape index (κ1) is 17.6. The van der Waals surface area contributed by atoms with Crippen LogP contribution in [-0.2, 0) is 21.4 Å². The smallest absolute Gasteiger partial charge is 0.220 e. The minimum absolute atomic E-state index is 0.0331. The van der Waals surface area contributed by atoms with E-state index >= 15 is 0 Å². The first-order chi connectivity index (χ1) is 12.2. The van der Waals surface area contributed by atoms with Gasteiger partial charge in [-0.2, -0.15) is 5.10 Å². The van der Waals surface area contributed by atoms with Crippen molar-refractivity contribution in [2.24, 2.45) is 0 Å². The molecule has 2 N–H and O–H groups in total. The van der Waals surface area contributed by atoms with E-state index in [1.165, 1.54) is 6.07 Å². The van der Waals surface area contributed by atoms with Crippen LogP contribution in [-0.4, -0.2) is 35.9 Å². The van der Waals surface area contributed by atoms with Gasteiger partial charge in [0.15, 0.2) is 0 Å². The number of nitrogens with one attached hydrogen (secondary N) is 2. The lowest BCUT2D eigenvalue weighted by Gasteiger charge is -2.38. The molecule has 0 aliphatic carbocycles. The topological polar surface area (TPSA) is 67.0 Å². The number of rotatable bonds is 7. The second-order valence-electron chi connectivity index (χ2n) is 6.64. The number of ether oxygens (including phenoxy) is 1. The van der Waals surface area contributed by atoms with Crippen molar-refractivity contribution in [3.05, 3.63) is 53.6 Å². The Morgan fingerprint density at radius 2 is 2.20 bits per heavy atom. The van der Waals surface area contributed by atoms with Crippen LogP contribution in [0.25, 0.3) is 0 Å². The first-order valence-electron chi connectivity index (χ1n) is 8.76. The summed E-state index contributed by atoms with van der Waals surface area (Å²) in [5.41, 5.74) is 1.79. The van der Waals surface area contributed by atoms with Crippen molar-refractivity contribution < 1.29 is 13.9 Å². The molecule has 1 aliphatic rings. The monoisotopic (exact) mass is 345 g/mol. The molecule has 1 aromatic carbocycles. The van der Waals surface area contributed by atoms with Gasteiger partial charge < -0.3 is 10.1 Å². The molecule has 0 saturated carbocycles. The molecule has 2 aromatic rings. The minimum Gasteiger partial charge on any atom is -0.381 e. The number of halogens is 1. The zero-order valence-electron chi connectivity index (χ0n) is 14.3. The molecular formula is C19H24FN3O2. The van der Waals surface area contributed by atoms with E-state index in [1.54, 1.807) is 18.3 Å². The fourth-order valence-electron chi connectivity index (χ4n) is 3.37. The highest BCUT2D eigenvalue weighted by molar-refractivity contribution is 5.76. The van der Waals surface area contributed by atoms with Crippen molar-refractivity contribution in [2.45, 2.75) is 37.5 Å². The lowest BCUT2D eigenvalue weighted by Crippen LogP contribution is -2.44. The SMILES string of the molecule is O=C(CCCc1cn[nH]c1)NCC1(c2cccc(F)c2)CCOCC1. The van der Waals surface area contributed by atoms with Gasteiger partial charge in [-0.05, 0) is 48.9 Å². The zero-order chi connectivity index (χ0) is 17.5. The largest absolute Gasteiger partial charge is 0.381 e. The van der Waals surface area contributed by atoms with E-state index in [0.29, 0.717) is 26.2 Å². The fourth-order valence-corrected chi connectivity index (χ4v) is 3.37. The average Bonchev–Trinajstić information content (AvgIpc) is 3.14. The van der Waals surface area contributed by atoms with E-state index in [-0.39, 0.29) is 17.1 Å². The molecule has 1 fully saturated rings. The third kappa shape index (κ3) is 4.66. The van der Waals surface area contributed by atoms with Crippen LogP contribution in [0.5, 0.6) is 0 Å². The van der Waals surface area contributed by atoms with Crippen molar-refractivity contribution in [2.75, 3.05) is 19.8 Å². The summed E-state index contributed by atoms with van der Waals surface area (Å²) in [5.74, 6) is -0.208. The van der Waals surface area contributed by atoms with Crippen LogP contribution in [0.1, 0.15) is 36.8 Å². The van der Waals surface area contributed by atoms with E-state index < -0.39 is 0 Å². The van der Waals surface area contributed by atoms with Gasteiger partial charge >= 0.3 is 0 Å². The predicted octanol–water partition coefficient (Wildman–Crippen LogP) is 2.74. The molecule has 1 aromatic heterocycles. The van der Waals surface area contributed by atoms with Crippen molar-refractivity contribution in [1.29, 1.82) is 0 Å². The number of nitrogens with zero attached hydrogens (tertiary/aromatic N) is 1. The maximum absolute atomic E-state index is 13.7. The number of carbonyl (C=O) groups excluding carboxylic acids is 1. The van der Waals surface area contributed by atoms with Crippen molar-refractivity contribution in [1.82, 2.24) is 15.5 Å². The number of carbonyl (C=O) groups is 1. The van der Waals surface area contributed by atoms with Gasteiger partial charge in [-0.15, -0.1) is 0 Å². The highest BCUT2D eigenvalue weighted by atomic mass is 19.1. The molecule has 0 spiro atoms. The summed E-state index contributed by atoms with van der Waals surface area (Å²) >= 11 is 0. The number of amides is 1. The Kier molecular flexibility index (Phi) is 5.81. The molecule has 0 unspecified atom stereocenters. The molecule has 1 amide bonds. The van der Waals surface area contributed by atoms with Gasteiger partial charge in [0.05, 0.1) is 6.20 Å². The minimum atomic E-state index is -0.249. The maximum atomic E-state index is 13.7. The summed E-state index contributed by atoms with van der Waals surface area (Å²) in [4.78, 5) is 12.2. The highest BCUT2D eigenvalue weighted by Gasteiger charge is 2.35. The number of hydrogen-bond acceptors (Lipinski definition) is 3. The van der Waals surface area contributed by atoms with Crippen molar-refractivity contribution in [3.63, 3.8) is 0 Å². The predicted molar refractivity (Wildman–Crippen MR) is 92.7 cm³/mol. The third-order valence-electron chi connectivity index (χ3n) is 4.93. The van der Waals surface area contributed by atoms with E-state index in [0.717, 1.165) is 36.8 Å². The molecule has 2 heterocycles.